The van der Waals surface area contributed by atoms with E-state index in [1.165, 1.54) is 16.7 Å². The van der Waals surface area contributed by atoms with Crippen LogP contribution in [0.25, 0.3) is 0 Å². The summed E-state index contributed by atoms with van der Waals surface area (Å²) in [6.45, 7) is 1.46. The predicted octanol–water partition coefficient (Wildman–Crippen LogP) is 2.07. The van der Waals surface area contributed by atoms with Crippen LogP contribution in [0.4, 0.5) is 11.4 Å². The van der Waals surface area contributed by atoms with Gasteiger partial charge in [0, 0.05) is 40.3 Å². The van der Waals surface area contributed by atoms with E-state index in [-0.39, 0.29) is 18.4 Å². The van der Waals surface area contributed by atoms with Crippen LogP contribution in [0, 0.1) is 0 Å². The topological polar surface area (TPSA) is 79.4 Å². The van der Waals surface area contributed by atoms with Crippen LogP contribution in [0.3, 0.4) is 0 Å². The van der Waals surface area contributed by atoms with Gasteiger partial charge in [-0.2, -0.15) is 0 Å². The zero-order valence-corrected chi connectivity index (χ0v) is 18.2. The predicted molar refractivity (Wildman–Crippen MR) is 117 cm³/mol. The van der Waals surface area contributed by atoms with Crippen molar-refractivity contribution in [3.63, 3.8) is 0 Å². The number of carbonyl (C=O) groups is 3. The highest BCUT2D eigenvalue weighted by Crippen LogP contribution is 2.33. The van der Waals surface area contributed by atoms with Gasteiger partial charge in [0.05, 0.1) is 12.2 Å². The van der Waals surface area contributed by atoms with Crippen LogP contribution < -0.4 is 14.5 Å². The highest BCUT2D eigenvalue weighted by Gasteiger charge is 2.34. The second kappa shape index (κ2) is 9.51. The molecule has 0 N–H and O–H groups in total. The van der Waals surface area contributed by atoms with Gasteiger partial charge in [-0.3, -0.25) is 9.59 Å². The van der Waals surface area contributed by atoms with Gasteiger partial charge in [0.2, 0.25) is 12.0 Å². The van der Waals surface area contributed by atoms with Crippen molar-refractivity contribution >= 4 is 29.2 Å². The first-order valence-corrected chi connectivity index (χ1v) is 9.97. The Morgan fingerprint density at radius 2 is 1.74 bits per heavy atom. The smallest absolute Gasteiger partial charge is 0.349 e. The first-order chi connectivity index (χ1) is 14.8. The standard InChI is InChI=1S/C23H27N3O5/c1-16(27)26-14-21(31-20-8-6-5-7-19(20)26)23(29)30-15-22(28)25(4)13-17-9-11-18(12-10-17)24(2)3/h5-12,21H,13-15H2,1-4H3/t21-/m0/s1. The zero-order chi connectivity index (χ0) is 22.5. The number of hydrogen-bond acceptors (Lipinski definition) is 6. The fourth-order valence-electron chi connectivity index (χ4n) is 3.25. The van der Waals surface area contributed by atoms with Crippen LogP contribution >= 0.6 is 0 Å². The van der Waals surface area contributed by atoms with Gasteiger partial charge in [0.25, 0.3) is 5.91 Å². The Morgan fingerprint density at radius 3 is 2.39 bits per heavy atom. The normalized spacial score (nSPS) is 14.8. The molecule has 0 aromatic heterocycles. The lowest BCUT2D eigenvalue weighted by Gasteiger charge is -2.33. The molecule has 0 saturated heterocycles. The van der Waals surface area contributed by atoms with Gasteiger partial charge in [-0.15, -0.1) is 0 Å². The fourth-order valence-corrected chi connectivity index (χ4v) is 3.25. The first kappa shape index (κ1) is 22.1. The highest BCUT2D eigenvalue weighted by atomic mass is 16.6. The highest BCUT2D eigenvalue weighted by molar-refractivity contribution is 5.95. The minimum atomic E-state index is -0.990. The average molecular weight is 425 g/mol. The minimum Gasteiger partial charge on any atom is -0.475 e. The van der Waals surface area contributed by atoms with Crippen LogP contribution in [-0.2, 0) is 25.7 Å². The third-order valence-corrected chi connectivity index (χ3v) is 5.05. The van der Waals surface area contributed by atoms with Crippen molar-refractivity contribution in [3.05, 3.63) is 54.1 Å². The van der Waals surface area contributed by atoms with Crippen molar-refractivity contribution < 1.29 is 23.9 Å². The summed E-state index contributed by atoms with van der Waals surface area (Å²) in [5.74, 6) is -0.789. The van der Waals surface area contributed by atoms with Crippen LogP contribution in [0.15, 0.2) is 48.5 Å². The Labute approximate surface area is 181 Å². The molecule has 0 bridgehead atoms. The van der Waals surface area contributed by atoms with Gasteiger partial charge in [-0.25, -0.2) is 4.79 Å². The summed E-state index contributed by atoms with van der Waals surface area (Å²) in [4.78, 5) is 41.9. The maximum atomic E-state index is 12.5. The van der Waals surface area contributed by atoms with Gasteiger partial charge in [-0.05, 0) is 29.8 Å². The molecule has 1 atom stereocenters. The molecule has 0 unspecified atom stereocenters. The Hall–Kier alpha value is -3.55. The van der Waals surface area contributed by atoms with Crippen molar-refractivity contribution in [2.75, 3.05) is 44.1 Å². The van der Waals surface area contributed by atoms with Crippen LogP contribution in [0.5, 0.6) is 5.75 Å². The molecule has 1 heterocycles. The number of rotatable bonds is 6. The number of hydrogen-bond donors (Lipinski definition) is 0. The Bertz CT molecular complexity index is 958. The summed E-state index contributed by atoms with van der Waals surface area (Å²) >= 11 is 0. The largest absolute Gasteiger partial charge is 0.475 e. The number of ether oxygens (including phenoxy) is 2. The molecule has 8 heteroatoms. The molecule has 0 radical (unpaired) electrons. The van der Waals surface area contributed by atoms with E-state index in [0.717, 1.165) is 11.3 Å². The van der Waals surface area contributed by atoms with Gasteiger partial charge >= 0.3 is 5.97 Å². The third-order valence-electron chi connectivity index (χ3n) is 5.05. The zero-order valence-electron chi connectivity index (χ0n) is 18.2. The van der Waals surface area contributed by atoms with E-state index in [9.17, 15) is 14.4 Å². The summed E-state index contributed by atoms with van der Waals surface area (Å²) in [5, 5.41) is 0. The molecule has 0 spiro atoms. The molecule has 164 valence electrons. The first-order valence-electron chi connectivity index (χ1n) is 9.97. The molecular weight excluding hydrogens is 398 g/mol. The number of likely N-dealkylation sites (N-methyl/N-ethyl adjacent to an activating group) is 1. The van der Waals surface area contributed by atoms with E-state index < -0.39 is 18.7 Å². The van der Waals surface area contributed by atoms with Gasteiger partial charge in [0.15, 0.2) is 6.61 Å². The third kappa shape index (κ3) is 5.33. The number of para-hydroxylation sites is 2. The van der Waals surface area contributed by atoms with Crippen LogP contribution in [-0.4, -0.2) is 63.1 Å². The van der Waals surface area contributed by atoms with Crippen molar-refractivity contribution in [1.29, 1.82) is 0 Å². The van der Waals surface area contributed by atoms with Gasteiger partial charge in [-0.1, -0.05) is 24.3 Å². The number of amides is 2. The van der Waals surface area contributed by atoms with Crippen molar-refractivity contribution in [2.24, 2.45) is 0 Å². The summed E-state index contributed by atoms with van der Waals surface area (Å²) in [6.07, 6.45) is -0.990. The van der Waals surface area contributed by atoms with E-state index in [1.807, 2.05) is 43.3 Å². The van der Waals surface area contributed by atoms with E-state index >= 15 is 0 Å². The van der Waals surface area contributed by atoms with Gasteiger partial charge in [0.1, 0.15) is 5.75 Å². The van der Waals surface area contributed by atoms with E-state index in [1.54, 1.807) is 31.3 Å². The van der Waals surface area contributed by atoms with Crippen molar-refractivity contribution in [3.8, 4) is 5.75 Å². The second-order valence-corrected chi connectivity index (χ2v) is 7.62. The number of anilines is 2. The molecule has 3 rings (SSSR count). The Balaban J connectivity index is 1.55. The number of nitrogens with zero attached hydrogens (tertiary/aromatic N) is 3. The number of benzene rings is 2. The van der Waals surface area contributed by atoms with Gasteiger partial charge < -0.3 is 24.2 Å². The molecule has 0 fully saturated rings. The molecule has 2 aromatic rings. The van der Waals surface area contributed by atoms with Crippen LogP contribution in [0.1, 0.15) is 12.5 Å². The molecule has 0 saturated carbocycles. The van der Waals surface area contributed by atoms with Crippen molar-refractivity contribution in [1.82, 2.24) is 4.90 Å². The lowest BCUT2D eigenvalue weighted by molar-refractivity contribution is -0.157. The number of esters is 1. The fraction of sp³-hybridized carbons (Fsp3) is 0.348. The monoisotopic (exact) mass is 425 g/mol. The summed E-state index contributed by atoms with van der Waals surface area (Å²) in [7, 11) is 5.58. The molecule has 2 amide bonds. The molecule has 0 aliphatic carbocycles. The average Bonchev–Trinajstić information content (AvgIpc) is 2.76. The molecule has 31 heavy (non-hydrogen) atoms. The van der Waals surface area contributed by atoms with Crippen molar-refractivity contribution in [2.45, 2.75) is 19.6 Å². The summed E-state index contributed by atoms with van der Waals surface area (Å²) < 4.78 is 10.9. The lowest BCUT2D eigenvalue weighted by Crippen LogP contribution is -2.47. The maximum absolute atomic E-state index is 12.5. The second-order valence-electron chi connectivity index (χ2n) is 7.62. The lowest BCUT2D eigenvalue weighted by atomic mass is 10.2. The summed E-state index contributed by atoms with van der Waals surface area (Å²) in [5.41, 5.74) is 2.65. The molecule has 1 aliphatic heterocycles. The van der Waals surface area contributed by atoms with Crippen LogP contribution in [0.2, 0.25) is 0 Å². The van der Waals surface area contributed by atoms with E-state index in [2.05, 4.69) is 0 Å². The maximum Gasteiger partial charge on any atom is 0.349 e. The molecule has 2 aromatic carbocycles. The Morgan fingerprint density at radius 1 is 1.06 bits per heavy atom. The quantitative estimate of drug-likeness (QED) is 0.660. The van der Waals surface area contributed by atoms with E-state index in [4.69, 9.17) is 9.47 Å². The number of fused-ring (bicyclic) bond motifs is 1. The molecule has 8 nitrogen and oxygen atoms in total. The Kier molecular flexibility index (Phi) is 6.79. The summed E-state index contributed by atoms with van der Waals surface area (Å²) in [6, 6.07) is 14.9. The number of carbonyl (C=O) groups excluding carboxylic acids is 3. The van der Waals surface area contributed by atoms with E-state index in [0.29, 0.717) is 18.0 Å². The molecule has 1 aliphatic rings. The minimum absolute atomic E-state index is 0.0352. The molecular formula is C23H27N3O5. The SMILES string of the molecule is CC(=O)N1C[C@@H](C(=O)OCC(=O)N(C)Cc2ccc(N(C)C)cc2)Oc2ccccc21.